The van der Waals surface area contributed by atoms with Crippen molar-refractivity contribution in [1.29, 1.82) is 0 Å². The second kappa shape index (κ2) is 5.38. The molecule has 0 spiro atoms. The zero-order valence-electron chi connectivity index (χ0n) is 9.80. The molecule has 0 radical (unpaired) electrons. The highest BCUT2D eigenvalue weighted by molar-refractivity contribution is 7.84. The summed E-state index contributed by atoms with van der Waals surface area (Å²) in [5.74, 6) is 0.524. The fourth-order valence-corrected chi connectivity index (χ4v) is 2.59. The highest BCUT2D eigenvalue weighted by Gasteiger charge is 2.10. The van der Waals surface area contributed by atoms with Gasteiger partial charge in [-0.05, 0) is 24.6 Å². The average molecular weight is 248 g/mol. The van der Waals surface area contributed by atoms with E-state index in [1.807, 2.05) is 37.3 Å². The van der Waals surface area contributed by atoms with Crippen molar-refractivity contribution in [2.45, 2.75) is 17.9 Å². The highest BCUT2D eigenvalue weighted by atomic mass is 32.2. The van der Waals surface area contributed by atoms with Crippen molar-refractivity contribution in [3.05, 3.63) is 42.1 Å². The molecule has 0 aliphatic rings. The minimum absolute atomic E-state index is 0.0291. The van der Waals surface area contributed by atoms with Gasteiger partial charge in [-0.15, -0.1) is 0 Å². The summed E-state index contributed by atoms with van der Waals surface area (Å²) in [5, 5.41) is 1.11. The molecule has 2 unspecified atom stereocenters. The maximum absolute atomic E-state index is 11.9. The Labute approximate surface area is 104 Å². The number of nitrogens with zero attached hydrogens (tertiary/aromatic N) is 1. The molecule has 1 aromatic carbocycles. The smallest absolute Gasteiger partial charge is 0.0702 e. The second-order valence-electron chi connectivity index (χ2n) is 4.11. The summed E-state index contributed by atoms with van der Waals surface area (Å²) < 4.78 is 11.9. The average Bonchev–Trinajstić information content (AvgIpc) is 2.37. The molecule has 0 aliphatic carbocycles. The van der Waals surface area contributed by atoms with Gasteiger partial charge < -0.3 is 5.73 Å². The third kappa shape index (κ3) is 2.90. The van der Waals surface area contributed by atoms with Crippen molar-refractivity contribution in [3.63, 3.8) is 0 Å². The Morgan fingerprint density at radius 2 is 2.18 bits per heavy atom. The number of aromatic nitrogens is 1. The van der Waals surface area contributed by atoms with Gasteiger partial charge in [-0.2, -0.15) is 0 Å². The predicted molar refractivity (Wildman–Crippen MR) is 72.1 cm³/mol. The van der Waals surface area contributed by atoms with Crippen LogP contribution in [-0.4, -0.2) is 21.0 Å². The Morgan fingerprint density at radius 3 is 2.94 bits per heavy atom. The number of fused-ring (bicyclic) bond motifs is 1. The van der Waals surface area contributed by atoms with Crippen LogP contribution in [0.1, 0.15) is 12.5 Å². The first kappa shape index (κ1) is 12.2. The number of hydrogen-bond donors (Lipinski definition) is 1. The van der Waals surface area contributed by atoms with E-state index in [1.54, 1.807) is 6.20 Å². The van der Waals surface area contributed by atoms with E-state index >= 15 is 0 Å². The summed E-state index contributed by atoms with van der Waals surface area (Å²) >= 11 is 0. The Morgan fingerprint density at radius 1 is 1.41 bits per heavy atom. The molecule has 3 nitrogen and oxygen atoms in total. The molecule has 2 aromatic rings. The van der Waals surface area contributed by atoms with Crippen LogP contribution in [0.3, 0.4) is 0 Å². The third-order valence-corrected chi connectivity index (χ3v) is 4.44. The van der Waals surface area contributed by atoms with Crippen molar-refractivity contribution < 1.29 is 4.21 Å². The van der Waals surface area contributed by atoms with Gasteiger partial charge in [0, 0.05) is 34.2 Å². The minimum Gasteiger partial charge on any atom is -0.329 e. The topological polar surface area (TPSA) is 56.0 Å². The van der Waals surface area contributed by atoms with Gasteiger partial charge in [0.05, 0.1) is 11.3 Å². The van der Waals surface area contributed by atoms with Crippen LogP contribution >= 0.6 is 0 Å². The predicted octanol–water partition coefficient (Wildman–Crippen LogP) is 1.83. The van der Waals surface area contributed by atoms with E-state index in [0.717, 1.165) is 16.5 Å². The molecular formula is C13H16N2OS. The minimum atomic E-state index is -0.924. The zero-order chi connectivity index (χ0) is 12.3. The molecule has 2 rings (SSSR count). The molecule has 0 amide bonds. The van der Waals surface area contributed by atoms with E-state index in [2.05, 4.69) is 4.98 Å². The molecule has 2 atom stereocenters. The Hall–Kier alpha value is -1.26. The normalized spacial score (nSPS) is 14.7. The first-order valence-electron chi connectivity index (χ1n) is 5.61. The standard InChI is InChI=1S/C13H16N2OS/c1-10(7-14)17(16)9-11-6-12-4-2-3-5-13(12)15-8-11/h2-6,8,10H,7,9,14H2,1H3. The molecule has 90 valence electrons. The summed E-state index contributed by atoms with van der Waals surface area (Å²) in [7, 11) is -0.924. The van der Waals surface area contributed by atoms with Gasteiger partial charge in [-0.3, -0.25) is 9.19 Å². The monoisotopic (exact) mass is 248 g/mol. The number of rotatable bonds is 4. The summed E-state index contributed by atoms with van der Waals surface area (Å²) in [4.78, 5) is 4.35. The maximum Gasteiger partial charge on any atom is 0.0702 e. The molecule has 1 heterocycles. The number of pyridine rings is 1. The van der Waals surface area contributed by atoms with Crippen molar-refractivity contribution in [1.82, 2.24) is 4.98 Å². The molecule has 2 N–H and O–H groups in total. The first-order valence-corrected chi connectivity index (χ1v) is 7.00. The van der Waals surface area contributed by atoms with Crippen molar-refractivity contribution >= 4 is 21.7 Å². The third-order valence-electron chi connectivity index (χ3n) is 2.74. The largest absolute Gasteiger partial charge is 0.329 e. The quantitative estimate of drug-likeness (QED) is 0.898. The van der Waals surface area contributed by atoms with Gasteiger partial charge in [0.2, 0.25) is 0 Å². The number of hydrogen-bond acceptors (Lipinski definition) is 3. The number of nitrogens with two attached hydrogens (primary N) is 1. The lowest BCUT2D eigenvalue weighted by Crippen LogP contribution is -2.22. The van der Waals surface area contributed by atoms with E-state index in [1.165, 1.54) is 0 Å². The molecule has 0 saturated carbocycles. The fraction of sp³-hybridized carbons (Fsp3) is 0.308. The van der Waals surface area contributed by atoms with Gasteiger partial charge in [0.25, 0.3) is 0 Å². The lowest BCUT2D eigenvalue weighted by atomic mass is 10.2. The number of benzene rings is 1. The van der Waals surface area contributed by atoms with Gasteiger partial charge >= 0.3 is 0 Å². The second-order valence-corrected chi connectivity index (χ2v) is 5.96. The van der Waals surface area contributed by atoms with Crippen LogP contribution in [0.5, 0.6) is 0 Å². The van der Waals surface area contributed by atoms with E-state index in [9.17, 15) is 4.21 Å². The van der Waals surface area contributed by atoms with Crippen molar-refractivity contribution in [2.75, 3.05) is 6.54 Å². The van der Waals surface area contributed by atoms with E-state index < -0.39 is 10.8 Å². The highest BCUT2D eigenvalue weighted by Crippen LogP contribution is 2.14. The lowest BCUT2D eigenvalue weighted by Gasteiger charge is -2.08. The zero-order valence-corrected chi connectivity index (χ0v) is 10.6. The molecule has 1 aromatic heterocycles. The van der Waals surface area contributed by atoms with Crippen LogP contribution in [0, 0.1) is 0 Å². The van der Waals surface area contributed by atoms with Crippen LogP contribution in [0.2, 0.25) is 0 Å². The molecule has 0 saturated heterocycles. The fourth-order valence-electron chi connectivity index (χ4n) is 1.61. The van der Waals surface area contributed by atoms with Gasteiger partial charge in [-0.1, -0.05) is 18.2 Å². The molecular weight excluding hydrogens is 232 g/mol. The summed E-state index contributed by atoms with van der Waals surface area (Å²) in [5.41, 5.74) is 7.48. The molecule has 0 bridgehead atoms. The van der Waals surface area contributed by atoms with Crippen molar-refractivity contribution in [3.8, 4) is 0 Å². The Bertz CT molecular complexity index is 542. The van der Waals surface area contributed by atoms with Gasteiger partial charge in [-0.25, -0.2) is 0 Å². The van der Waals surface area contributed by atoms with E-state index in [0.29, 0.717) is 12.3 Å². The molecule has 0 aliphatic heterocycles. The summed E-state index contributed by atoms with van der Waals surface area (Å²) in [6.07, 6.45) is 1.80. The van der Waals surface area contributed by atoms with Crippen LogP contribution in [0.25, 0.3) is 10.9 Å². The SMILES string of the molecule is CC(CN)S(=O)Cc1cnc2ccccc2c1. The summed E-state index contributed by atoms with van der Waals surface area (Å²) in [6, 6.07) is 9.97. The first-order chi connectivity index (χ1) is 8.20. The molecule has 4 heteroatoms. The van der Waals surface area contributed by atoms with E-state index in [-0.39, 0.29) is 5.25 Å². The maximum atomic E-state index is 11.9. The van der Waals surface area contributed by atoms with Crippen LogP contribution < -0.4 is 5.73 Å². The van der Waals surface area contributed by atoms with E-state index in [4.69, 9.17) is 5.73 Å². The molecule has 17 heavy (non-hydrogen) atoms. The van der Waals surface area contributed by atoms with Crippen LogP contribution in [0.15, 0.2) is 36.5 Å². The van der Waals surface area contributed by atoms with Crippen molar-refractivity contribution in [2.24, 2.45) is 5.73 Å². The van der Waals surface area contributed by atoms with Gasteiger partial charge in [0.1, 0.15) is 0 Å². The number of para-hydroxylation sites is 1. The van der Waals surface area contributed by atoms with Crippen LogP contribution in [0.4, 0.5) is 0 Å². The Kier molecular flexibility index (Phi) is 3.86. The summed E-state index contributed by atoms with van der Waals surface area (Å²) in [6.45, 7) is 2.36. The molecule has 0 fully saturated rings. The Balaban J connectivity index is 2.22. The lowest BCUT2D eigenvalue weighted by molar-refractivity contribution is 0.672. The van der Waals surface area contributed by atoms with Crippen LogP contribution in [-0.2, 0) is 16.6 Å². The van der Waals surface area contributed by atoms with Gasteiger partial charge in [0.15, 0.2) is 0 Å².